The molecule has 1 aromatic carbocycles. The summed E-state index contributed by atoms with van der Waals surface area (Å²) in [5, 5.41) is 3.40. The third-order valence-electron chi connectivity index (χ3n) is 3.20. The van der Waals surface area contributed by atoms with Gasteiger partial charge in [0.1, 0.15) is 5.75 Å². The van der Waals surface area contributed by atoms with Crippen LogP contribution in [0, 0.1) is 13.8 Å². The SMILES string of the molecule is COc1ccc(CCNCCCN)c(C)c1C. The third kappa shape index (κ3) is 4.02. The Bertz CT molecular complexity index is 350. The molecule has 3 nitrogen and oxygen atoms in total. The molecule has 0 amide bonds. The zero-order chi connectivity index (χ0) is 12.7. The number of ether oxygens (including phenoxy) is 1. The molecule has 0 fully saturated rings. The number of nitrogens with two attached hydrogens (primary N) is 1. The van der Waals surface area contributed by atoms with Crippen molar-refractivity contribution in [3.05, 3.63) is 28.8 Å². The van der Waals surface area contributed by atoms with Crippen molar-refractivity contribution in [2.75, 3.05) is 26.7 Å². The van der Waals surface area contributed by atoms with Gasteiger partial charge in [0.15, 0.2) is 0 Å². The summed E-state index contributed by atoms with van der Waals surface area (Å²) >= 11 is 0. The third-order valence-corrected chi connectivity index (χ3v) is 3.20. The first-order valence-corrected chi connectivity index (χ1v) is 6.24. The second-order valence-electron chi connectivity index (χ2n) is 4.32. The second kappa shape index (κ2) is 7.30. The lowest BCUT2D eigenvalue weighted by Gasteiger charge is -2.12. The van der Waals surface area contributed by atoms with Crippen LogP contribution in [0.4, 0.5) is 0 Å². The highest BCUT2D eigenvalue weighted by Crippen LogP contribution is 2.23. The molecule has 0 heterocycles. The fraction of sp³-hybridized carbons (Fsp3) is 0.571. The fourth-order valence-electron chi connectivity index (χ4n) is 1.92. The van der Waals surface area contributed by atoms with E-state index >= 15 is 0 Å². The van der Waals surface area contributed by atoms with Gasteiger partial charge in [-0.2, -0.15) is 0 Å². The highest BCUT2D eigenvalue weighted by Gasteiger charge is 2.05. The van der Waals surface area contributed by atoms with Crippen molar-refractivity contribution in [2.45, 2.75) is 26.7 Å². The molecule has 0 aliphatic carbocycles. The minimum absolute atomic E-state index is 0.758. The minimum atomic E-state index is 0.758. The summed E-state index contributed by atoms with van der Waals surface area (Å²) in [6.07, 6.45) is 2.10. The zero-order valence-electron chi connectivity index (χ0n) is 11.2. The maximum Gasteiger partial charge on any atom is 0.122 e. The number of benzene rings is 1. The first-order chi connectivity index (χ1) is 8.20. The van der Waals surface area contributed by atoms with Crippen molar-refractivity contribution in [1.29, 1.82) is 0 Å². The van der Waals surface area contributed by atoms with Crippen molar-refractivity contribution < 1.29 is 4.74 Å². The number of rotatable bonds is 7. The predicted molar refractivity (Wildman–Crippen MR) is 72.7 cm³/mol. The van der Waals surface area contributed by atoms with Gasteiger partial charge in [-0.3, -0.25) is 0 Å². The smallest absolute Gasteiger partial charge is 0.122 e. The summed E-state index contributed by atoms with van der Waals surface area (Å²) in [6.45, 7) is 7.04. The van der Waals surface area contributed by atoms with Crippen LogP contribution in [0.25, 0.3) is 0 Å². The van der Waals surface area contributed by atoms with Gasteiger partial charge in [-0.25, -0.2) is 0 Å². The fourth-order valence-corrected chi connectivity index (χ4v) is 1.92. The van der Waals surface area contributed by atoms with E-state index in [0.29, 0.717) is 0 Å². The molecular formula is C14H24N2O. The molecule has 0 spiro atoms. The van der Waals surface area contributed by atoms with E-state index in [-0.39, 0.29) is 0 Å². The first kappa shape index (κ1) is 14.0. The molecule has 0 atom stereocenters. The molecule has 1 rings (SSSR count). The molecule has 96 valence electrons. The van der Waals surface area contributed by atoms with Gasteiger partial charge in [0.05, 0.1) is 7.11 Å². The summed E-state index contributed by atoms with van der Waals surface area (Å²) < 4.78 is 5.31. The van der Waals surface area contributed by atoms with Gasteiger partial charge < -0.3 is 15.8 Å². The lowest BCUT2D eigenvalue weighted by molar-refractivity contribution is 0.411. The molecular weight excluding hydrogens is 212 g/mol. The standard InChI is InChI=1S/C14H24N2O/c1-11-12(2)14(17-3)6-5-13(11)7-10-16-9-4-8-15/h5-6,16H,4,7-10,15H2,1-3H3. The van der Waals surface area contributed by atoms with Crippen LogP contribution >= 0.6 is 0 Å². The van der Waals surface area contributed by atoms with E-state index in [9.17, 15) is 0 Å². The van der Waals surface area contributed by atoms with Gasteiger partial charge >= 0.3 is 0 Å². The molecule has 0 aliphatic rings. The maximum absolute atomic E-state index is 5.44. The summed E-state index contributed by atoms with van der Waals surface area (Å²) in [5.41, 5.74) is 9.42. The van der Waals surface area contributed by atoms with Gasteiger partial charge in [-0.1, -0.05) is 6.07 Å². The highest BCUT2D eigenvalue weighted by atomic mass is 16.5. The monoisotopic (exact) mass is 236 g/mol. The van der Waals surface area contributed by atoms with Crippen LogP contribution in [0.5, 0.6) is 5.75 Å². The lowest BCUT2D eigenvalue weighted by atomic mass is 10.00. The number of hydrogen-bond donors (Lipinski definition) is 2. The van der Waals surface area contributed by atoms with Crippen LogP contribution in [0.15, 0.2) is 12.1 Å². The highest BCUT2D eigenvalue weighted by molar-refractivity contribution is 5.43. The molecule has 0 saturated heterocycles. The van der Waals surface area contributed by atoms with Crippen molar-refractivity contribution >= 4 is 0 Å². The molecule has 0 unspecified atom stereocenters. The summed E-state index contributed by atoms with van der Waals surface area (Å²) in [4.78, 5) is 0. The van der Waals surface area contributed by atoms with Crippen molar-refractivity contribution in [1.82, 2.24) is 5.32 Å². The van der Waals surface area contributed by atoms with Crippen molar-refractivity contribution in [3.63, 3.8) is 0 Å². The van der Waals surface area contributed by atoms with Gasteiger partial charge in [-0.15, -0.1) is 0 Å². The van der Waals surface area contributed by atoms with Crippen LogP contribution in [-0.4, -0.2) is 26.7 Å². The number of hydrogen-bond acceptors (Lipinski definition) is 3. The maximum atomic E-state index is 5.44. The molecule has 3 N–H and O–H groups in total. The molecule has 3 heteroatoms. The van der Waals surface area contributed by atoms with Gasteiger partial charge in [-0.05, 0) is 69.1 Å². The van der Waals surface area contributed by atoms with Crippen LogP contribution in [0.2, 0.25) is 0 Å². The Hall–Kier alpha value is -1.06. The van der Waals surface area contributed by atoms with E-state index in [4.69, 9.17) is 10.5 Å². The molecule has 1 aromatic rings. The van der Waals surface area contributed by atoms with Crippen molar-refractivity contribution in [3.8, 4) is 5.75 Å². The second-order valence-corrected chi connectivity index (χ2v) is 4.32. The van der Waals surface area contributed by atoms with E-state index in [1.165, 1.54) is 16.7 Å². The largest absolute Gasteiger partial charge is 0.496 e. The van der Waals surface area contributed by atoms with Crippen LogP contribution in [-0.2, 0) is 6.42 Å². The number of nitrogens with one attached hydrogen (secondary N) is 1. The zero-order valence-corrected chi connectivity index (χ0v) is 11.2. The average Bonchev–Trinajstić information content (AvgIpc) is 2.34. The summed E-state index contributed by atoms with van der Waals surface area (Å²) in [6, 6.07) is 4.21. The normalized spacial score (nSPS) is 10.6. The van der Waals surface area contributed by atoms with Crippen LogP contribution in [0.1, 0.15) is 23.1 Å². The molecule has 0 bridgehead atoms. The molecule has 17 heavy (non-hydrogen) atoms. The Labute approximate surface area is 104 Å². The lowest BCUT2D eigenvalue weighted by Crippen LogP contribution is -2.21. The first-order valence-electron chi connectivity index (χ1n) is 6.24. The van der Waals surface area contributed by atoms with E-state index in [1.54, 1.807) is 7.11 Å². The minimum Gasteiger partial charge on any atom is -0.496 e. The van der Waals surface area contributed by atoms with E-state index < -0.39 is 0 Å². The Morgan fingerprint density at radius 2 is 1.94 bits per heavy atom. The Kier molecular flexibility index (Phi) is 6.01. The van der Waals surface area contributed by atoms with Crippen LogP contribution in [0.3, 0.4) is 0 Å². The molecule has 0 aliphatic heterocycles. The predicted octanol–water partition coefficient (Wildman–Crippen LogP) is 1.79. The van der Waals surface area contributed by atoms with Crippen LogP contribution < -0.4 is 15.8 Å². The van der Waals surface area contributed by atoms with E-state index in [1.807, 2.05) is 0 Å². The molecule has 0 aromatic heterocycles. The quantitative estimate of drug-likeness (QED) is 0.710. The Morgan fingerprint density at radius 3 is 2.59 bits per heavy atom. The Morgan fingerprint density at radius 1 is 1.18 bits per heavy atom. The average molecular weight is 236 g/mol. The molecule has 0 saturated carbocycles. The number of methoxy groups -OCH3 is 1. The van der Waals surface area contributed by atoms with E-state index in [2.05, 4.69) is 31.3 Å². The van der Waals surface area contributed by atoms with Gasteiger partial charge in [0.25, 0.3) is 0 Å². The summed E-state index contributed by atoms with van der Waals surface area (Å²) in [5.74, 6) is 0.974. The van der Waals surface area contributed by atoms with Crippen molar-refractivity contribution in [2.24, 2.45) is 5.73 Å². The topological polar surface area (TPSA) is 47.3 Å². The Balaban J connectivity index is 2.51. The van der Waals surface area contributed by atoms with Gasteiger partial charge in [0.2, 0.25) is 0 Å². The van der Waals surface area contributed by atoms with Gasteiger partial charge in [0, 0.05) is 0 Å². The molecule has 0 radical (unpaired) electrons. The van der Waals surface area contributed by atoms with E-state index in [0.717, 1.165) is 38.2 Å². The summed E-state index contributed by atoms with van der Waals surface area (Å²) in [7, 11) is 1.72.